The summed E-state index contributed by atoms with van der Waals surface area (Å²) < 4.78 is 22.2. The molecule has 4 rings (SSSR count). The Morgan fingerprint density at radius 2 is 2.14 bits per heavy atom. The molecule has 0 aromatic carbocycles. The zero-order valence-corrected chi connectivity index (χ0v) is 20.6. The van der Waals surface area contributed by atoms with Crippen LogP contribution >= 0.6 is 11.6 Å². The van der Waals surface area contributed by atoms with Gasteiger partial charge in [-0.05, 0) is 39.0 Å². The fourth-order valence-electron chi connectivity index (χ4n) is 3.71. The maximum Gasteiger partial charge on any atom is 0.292 e. The molecule has 0 unspecified atom stereocenters. The maximum absolute atomic E-state index is 13.4. The predicted molar refractivity (Wildman–Crippen MR) is 130 cm³/mol. The Morgan fingerprint density at radius 3 is 2.86 bits per heavy atom. The quantitative estimate of drug-likeness (QED) is 0.526. The number of aryl methyl sites for hydroxylation is 1. The number of aliphatic hydroxyl groups is 1. The summed E-state index contributed by atoms with van der Waals surface area (Å²) in [4.78, 5) is 26.5. The Morgan fingerprint density at radius 1 is 1.37 bits per heavy atom. The van der Waals surface area contributed by atoms with Gasteiger partial charge < -0.3 is 9.84 Å². The van der Waals surface area contributed by atoms with Crippen molar-refractivity contribution in [1.82, 2.24) is 14.5 Å². The summed E-state index contributed by atoms with van der Waals surface area (Å²) in [6.07, 6.45) is 6.31. The van der Waals surface area contributed by atoms with Gasteiger partial charge in [-0.3, -0.25) is 14.4 Å². The zero-order valence-electron chi connectivity index (χ0n) is 19.9. The second kappa shape index (κ2) is 9.67. The monoisotopic (exact) mass is 498 g/mol. The molecule has 3 aromatic heterocycles. The summed E-state index contributed by atoms with van der Waals surface area (Å²) in [6, 6.07) is 6.28. The van der Waals surface area contributed by atoms with Gasteiger partial charge in [0.1, 0.15) is 10.6 Å². The molecule has 35 heavy (non-hydrogen) atoms. The first kappa shape index (κ1) is 24.7. The minimum atomic E-state index is -1.20. The molecule has 1 aliphatic rings. The van der Waals surface area contributed by atoms with E-state index in [-0.39, 0.29) is 29.2 Å². The molecule has 0 saturated carbocycles. The highest BCUT2D eigenvalue weighted by Crippen LogP contribution is 2.28. The molecule has 0 spiro atoms. The number of aliphatic imine (C=N–C) groups is 1. The fourth-order valence-corrected chi connectivity index (χ4v) is 3.91. The van der Waals surface area contributed by atoms with Crippen molar-refractivity contribution in [2.24, 2.45) is 10.9 Å². The van der Waals surface area contributed by atoms with Crippen molar-refractivity contribution in [2.45, 2.75) is 40.0 Å². The molecule has 0 aliphatic carbocycles. The van der Waals surface area contributed by atoms with E-state index in [0.29, 0.717) is 29.3 Å². The molecule has 10 heteroatoms. The number of hydrogen-bond acceptors (Lipinski definition) is 6. The number of allylic oxidation sites excluding steroid dienone is 1. The van der Waals surface area contributed by atoms with Crippen LogP contribution in [0.3, 0.4) is 0 Å². The third-order valence-corrected chi connectivity index (χ3v) is 5.89. The Labute approximate surface area is 207 Å². The van der Waals surface area contributed by atoms with Gasteiger partial charge in [-0.25, -0.2) is 14.4 Å². The van der Waals surface area contributed by atoms with Crippen molar-refractivity contribution in [3.05, 3.63) is 87.3 Å². The largest absolute Gasteiger partial charge is 0.434 e. The van der Waals surface area contributed by atoms with Crippen molar-refractivity contribution >= 4 is 23.0 Å². The van der Waals surface area contributed by atoms with E-state index >= 15 is 0 Å². The molecular weight excluding hydrogens is 473 g/mol. The van der Waals surface area contributed by atoms with Crippen LogP contribution in [-0.2, 0) is 12.3 Å². The van der Waals surface area contributed by atoms with Crippen LogP contribution in [0.5, 0.6) is 5.75 Å². The van der Waals surface area contributed by atoms with E-state index in [9.17, 15) is 14.3 Å². The highest BCUT2D eigenvalue weighted by molar-refractivity contribution is 6.31. The van der Waals surface area contributed by atoms with Crippen molar-refractivity contribution < 1.29 is 18.8 Å². The second-order valence-corrected chi connectivity index (χ2v) is 9.31. The van der Waals surface area contributed by atoms with E-state index in [1.165, 1.54) is 16.8 Å². The zero-order chi connectivity index (χ0) is 25.3. The Balaban J connectivity index is 1.68. The molecule has 4 heterocycles. The molecule has 0 amide bonds. The van der Waals surface area contributed by atoms with Crippen LogP contribution in [0.4, 0.5) is 4.39 Å². The van der Waals surface area contributed by atoms with Crippen LogP contribution in [0, 0.1) is 18.7 Å². The molecule has 0 saturated heterocycles. The molecule has 0 fully saturated rings. The number of hydrogen-bond donors (Lipinski definition) is 1. The summed E-state index contributed by atoms with van der Waals surface area (Å²) in [5.41, 5.74) is 0.838. The molecule has 8 nitrogen and oxygen atoms in total. The number of rotatable bonds is 6. The molecule has 3 aromatic rings. The highest BCUT2D eigenvalue weighted by atomic mass is 35.5. The second-order valence-electron chi connectivity index (χ2n) is 8.94. The van der Waals surface area contributed by atoms with E-state index in [4.69, 9.17) is 16.3 Å². The van der Waals surface area contributed by atoms with E-state index in [1.54, 1.807) is 62.0 Å². The SMILES string of the molecule is Cc1cc(OC[n+]2cccc(F)c2)c(Cl)c(=O)n1C1=CC(c2ccnc(C(C)(C)O)n2)=NC[C@H]1C. The average Bonchev–Trinajstić information content (AvgIpc) is 2.81. The van der Waals surface area contributed by atoms with Gasteiger partial charge in [-0.1, -0.05) is 18.5 Å². The van der Waals surface area contributed by atoms with Gasteiger partial charge in [-0.15, -0.1) is 0 Å². The van der Waals surface area contributed by atoms with Crippen LogP contribution in [0.15, 0.2) is 58.7 Å². The summed E-state index contributed by atoms with van der Waals surface area (Å²) in [5.74, 6) is 0.0327. The lowest BCUT2D eigenvalue weighted by Gasteiger charge is -2.24. The standard InChI is InChI=1S/C25H26ClFN5O3/c1-15-12-29-19(18-7-8-28-24(30-18)25(3,4)34)11-20(15)32-16(2)10-21(22(26)23(32)33)35-14-31-9-5-6-17(27)13-31/h5-11,13,15,34H,12,14H2,1-4H3/q+1/t15-/m1/s1. The molecule has 182 valence electrons. The normalized spacial score (nSPS) is 16.0. The van der Waals surface area contributed by atoms with E-state index < -0.39 is 17.0 Å². The Bertz CT molecular complexity index is 1390. The summed E-state index contributed by atoms with van der Waals surface area (Å²) >= 11 is 6.41. The molecule has 0 bridgehead atoms. The predicted octanol–water partition coefficient (Wildman–Crippen LogP) is 3.27. The first-order valence-electron chi connectivity index (χ1n) is 11.1. The van der Waals surface area contributed by atoms with Gasteiger partial charge in [-0.2, -0.15) is 4.57 Å². The lowest BCUT2D eigenvalue weighted by atomic mass is 10.0. The van der Waals surface area contributed by atoms with E-state index in [1.807, 2.05) is 6.92 Å². The van der Waals surface area contributed by atoms with Gasteiger partial charge >= 0.3 is 0 Å². The van der Waals surface area contributed by atoms with Crippen LogP contribution in [0.2, 0.25) is 5.02 Å². The first-order valence-corrected chi connectivity index (χ1v) is 11.4. The topological polar surface area (TPSA) is 93.5 Å². The van der Waals surface area contributed by atoms with Crippen molar-refractivity contribution in [1.29, 1.82) is 0 Å². The number of nitrogens with zero attached hydrogens (tertiary/aromatic N) is 5. The highest BCUT2D eigenvalue weighted by Gasteiger charge is 2.25. The van der Waals surface area contributed by atoms with Gasteiger partial charge in [0.25, 0.3) is 12.3 Å². The third kappa shape index (κ3) is 5.31. The van der Waals surface area contributed by atoms with Crippen molar-refractivity contribution in [3.63, 3.8) is 0 Å². The van der Waals surface area contributed by atoms with Crippen LogP contribution in [0.1, 0.15) is 38.0 Å². The number of ether oxygens (including phenoxy) is 1. The molecule has 1 aliphatic heterocycles. The molecule has 1 N–H and O–H groups in total. The molecular formula is C25H26ClFN5O3+. The van der Waals surface area contributed by atoms with Crippen LogP contribution in [0.25, 0.3) is 5.70 Å². The van der Waals surface area contributed by atoms with Gasteiger partial charge in [0.05, 0.1) is 11.4 Å². The minimum Gasteiger partial charge on any atom is -0.434 e. The van der Waals surface area contributed by atoms with Gasteiger partial charge in [0.15, 0.2) is 23.6 Å². The maximum atomic E-state index is 13.4. The lowest BCUT2D eigenvalue weighted by molar-refractivity contribution is -0.725. The summed E-state index contributed by atoms with van der Waals surface area (Å²) in [6.45, 7) is 7.42. The smallest absolute Gasteiger partial charge is 0.292 e. The summed E-state index contributed by atoms with van der Waals surface area (Å²) in [5, 5.41) is 10.2. The van der Waals surface area contributed by atoms with Crippen molar-refractivity contribution in [3.8, 4) is 5.75 Å². The number of aromatic nitrogens is 4. The van der Waals surface area contributed by atoms with Gasteiger partial charge in [0, 0.05) is 42.2 Å². The summed E-state index contributed by atoms with van der Waals surface area (Å²) in [7, 11) is 0. The Hall–Kier alpha value is -3.43. The molecule has 0 radical (unpaired) electrons. The lowest BCUT2D eigenvalue weighted by Crippen LogP contribution is -2.36. The number of pyridine rings is 2. The van der Waals surface area contributed by atoms with E-state index in [2.05, 4.69) is 15.0 Å². The van der Waals surface area contributed by atoms with Gasteiger partial charge in [0.2, 0.25) is 6.20 Å². The number of halogens is 2. The average molecular weight is 499 g/mol. The van der Waals surface area contributed by atoms with E-state index in [0.717, 1.165) is 0 Å². The molecule has 1 atom stereocenters. The number of dihydropyridines is 1. The Kier molecular flexibility index (Phi) is 6.82. The first-order chi connectivity index (χ1) is 16.5. The minimum absolute atomic E-state index is 0.00642. The van der Waals surface area contributed by atoms with Crippen LogP contribution in [-0.4, -0.2) is 31.9 Å². The van der Waals surface area contributed by atoms with Crippen LogP contribution < -0.4 is 14.9 Å². The third-order valence-electron chi connectivity index (χ3n) is 5.54. The fraction of sp³-hybridized carbons (Fsp3) is 0.320. The van der Waals surface area contributed by atoms with Crippen molar-refractivity contribution in [2.75, 3.05) is 6.54 Å².